The molecule has 0 rings (SSSR count). The zero-order valence-electron chi connectivity index (χ0n) is 1.22. The Kier molecular flexibility index (Phi) is 133. The third kappa shape index (κ3) is 8.82. The van der Waals surface area contributed by atoms with Gasteiger partial charge in [0.25, 0.3) is 0 Å². The third-order valence-electron chi connectivity index (χ3n) is 0. The molecule has 0 aliphatic carbocycles. The Hall–Kier alpha value is 2.62. The van der Waals surface area contributed by atoms with Crippen LogP contribution in [0.25, 0.3) is 0 Å². The zero-order chi connectivity index (χ0) is 0. The van der Waals surface area contributed by atoms with Gasteiger partial charge in [-0.3, -0.25) is 0 Å². The van der Waals surface area contributed by atoms with E-state index in [1.165, 1.54) is 0 Å². The van der Waals surface area contributed by atoms with Crippen molar-refractivity contribution in [2.45, 2.75) is 0 Å². The van der Waals surface area contributed by atoms with Crippen molar-refractivity contribution in [3.8, 4) is 0 Å². The Labute approximate surface area is 86.0 Å². The third-order valence-corrected chi connectivity index (χ3v) is 0. The van der Waals surface area contributed by atoms with Gasteiger partial charge in [-0.2, -0.15) is 0 Å². The zero-order valence-corrected chi connectivity index (χ0v) is 8.29. The molecule has 0 aliphatic heterocycles. The smallest absolute Gasteiger partial charge is 0 e. The Morgan fingerprint density at radius 3 is 1.00 bits per heavy atom. The number of hydrogen-bond acceptors (Lipinski definition) is 0. The van der Waals surface area contributed by atoms with Crippen molar-refractivity contribution >= 4 is 8.41 Å². The van der Waals surface area contributed by atoms with Gasteiger partial charge in [0, 0.05) is 79.3 Å². The van der Waals surface area contributed by atoms with Gasteiger partial charge in [0.1, 0.15) is 0 Å². The summed E-state index contributed by atoms with van der Waals surface area (Å²) in [7, 11) is 0. The van der Waals surface area contributed by atoms with Gasteiger partial charge in [-0.05, 0) is 0 Å². The molecular formula is H3BCeNiW. The largest absolute Gasteiger partial charge is 0.0814 e. The second kappa shape index (κ2) is 17.5. The van der Waals surface area contributed by atoms with Crippen LogP contribution in [0.3, 0.4) is 0 Å². The predicted octanol–water partition coefficient (Wildman–Crippen LogP) is -1.19. The van der Waals surface area contributed by atoms with E-state index in [1.807, 2.05) is 0 Å². The van der Waals surface area contributed by atoms with Crippen LogP contribution < -0.4 is 0 Å². The van der Waals surface area contributed by atoms with Crippen LogP contribution in [0, 0.1) is 41.7 Å². The van der Waals surface area contributed by atoms with E-state index in [1.54, 1.807) is 0 Å². The molecule has 0 saturated carbocycles. The normalized spacial score (nSPS) is 0. The molecule has 0 aliphatic rings. The van der Waals surface area contributed by atoms with Gasteiger partial charge in [0.2, 0.25) is 0 Å². The van der Waals surface area contributed by atoms with Crippen LogP contribution in [0.5, 0.6) is 0 Å². The molecule has 0 aromatic carbocycles. The van der Waals surface area contributed by atoms with Crippen LogP contribution in [0.1, 0.15) is 0 Å². The summed E-state index contributed by atoms with van der Waals surface area (Å²) in [5.41, 5.74) is 0. The standard InChI is InChI=1S/BH3.Ce.Ni.W/h1H3;;;. The second-order valence-electron chi connectivity index (χ2n) is 0. The van der Waals surface area contributed by atoms with Crippen molar-refractivity contribution in [1.29, 1.82) is 0 Å². The van der Waals surface area contributed by atoms with Crippen molar-refractivity contribution < 1.29 is 79.3 Å². The second-order valence-corrected chi connectivity index (χ2v) is 0. The summed E-state index contributed by atoms with van der Waals surface area (Å²) in [6, 6.07) is 0. The monoisotopic (exact) mass is 396 g/mol. The van der Waals surface area contributed by atoms with Gasteiger partial charge in [-0.1, -0.05) is 0 Å². The topological polar surface area (TPSA) is 0 Å². The minimum Gasteiger partial charge on any atom is 0 e. The fourth-order valence-corrected chi connectivity index (χ4v) is 0. The van der Waals surface area contributed by atoms with Crippen LogP contribution in [0.2, 0.25) is 0 Å². The van der Waals surface area contributed by atoms with Crippen molar-refractivity contribution in [2.75, 3.05) is 0 Å². The average Bonchev–Trinajstić information content (AvgIpc) is 0. The maximum absolute atomic E-state index is 0. The molecule has 4 heavy (non-hydrogen) atoms. The summed E-state index contributed by atoms with van der Waals surface area (Å²) < 4.78 is 0. The van der Waals surface area contributed by atoms with Crippen molar-refractivity contribution in [2.24, 2.45) is 0 Å². The van der Waals surface area contributed by atoms with E-state index >= 15 is 0 Å². The maximum atomic E-state index is 0. The maximum Gasteiger partial charge on any atom is 0.0814 e. The molecule has 0 bridgehead atoms. The summed E-state index contributed by atoms with van der Waals surface area (Å²) in [6.45, 7) is 0. The van der Waals surface area contributed by atoms with Gasteiger partial charge in [0.05, 0.1) is 8.41 Å². The van der Waals surface area contributed by atoms with Crippen LogP contribution in [0.4, 0.5) is 0 Å². The van der Waals surface area contributed by atoms with E-state index in [2.05, 4.69) is 0 Å². The SMILES string of the molecule is B.[Ce].[Ni].[W]. The van der Waals surface area contributed by atoms with E-state index in [-0.39, 0.29) is 87.7 Å². The molecule has 0 aromatic heterocycles. The summed E-state index contributed by atoms with van der Waals surface area (Å²) >= 11 is 0. The van der Waals surface area contributed by atoms with Crippen molar-refractivity contribution in [3.63, 3.8) is 0 Å². The van der Waals surface area contributed by atoms with Gasteiger partial charge in [-0.25, -0.2) is 0 Å². The molecule has 0 atom stereocenters. The summed E-state index contributed by atoms with van der Waals surface area (Å²) in [6.07, 6.45) is 0. The molecule has 0 amide bonds. The van der Waals surface area contributed by atoms with E-state index in [0.29, 0.717) is 0 Å². The molecule has 0 unspecified atom stereocenters. The molecule has 0 heterocycles. The molecule has 0 radical (unpaired) electrons. The fraction of sp³-hybridized carbons (Fsp3) is 0. The molecule has 26 valence electrons. The number of hydrogen-bond donors (Lipinski definition) is 0. The molecule has 0 saturated heterocycles. The predicted molar refractivity (Wildman–Crippen MR) is 9.94 cm³/mol. The fourth-order valence-electron chi connectivity index (χ4n) is 0. The quantitative estimate of drug-likeness (QED) is 0.452. The minimum absolute atomic E-state index is 0. The number of rotatable bonds is 0. The van der Waals surface area contributed by atoms with Crippen molar-refractivity contribution in [1.82, 2.24) is 0 Å². The van der Waals surface area contributed by atoms with Crippen LogP contribution >= 0.6 is 0 Å². The molecule has 0 spiro atoms. The van der Waals surface area contributed by atoms with Crippen LogP contribution in [0.15, 0.2) is 0 Å². The molecular weight excluding hydrogens is 393 g/mol. The molecule has 4 heteroatoms. The Morgan fingerprint density at radius 1 is 1.00 bits per heavy atom. The first kappa shape index (κ1) is 30.4. The van der Waals surface area contributed by atoms with E-state index < -0.39 is 0 Å². The van der Waals surface area contributed by atoms with Gasteiger partial charge in [0.15, 0.2) is 0 Å². The summed E-state index contributed by atoms with van der Waals surface area (Å²) in [5, 5.41) is 0. The van der Waals surface area contributed by atoms with E-state index in [0.717, 1.165) is 0 Å². The average molecular weight is 396 g/mol. The molecule has 0 N–H and O–H groups in total. The first-order chi connectivity index (χ1) is 0. The minimum atomic E-state index is 0. The van der Waals surface area contributed by atoms with Crippen LogP contribution in [-0.4, -0.2) is 8.41 Å². The van der Waals surface area contributed by atoms with Crippen molar-refractivity contribution in [3.05, 3.63) is 0 Å². The van der Waals surface area contributed by atoms with Gasteiger partial charge in [-0.15, -0.1) is 0 Å². The Bertz CT molecular complexity index is 8.00. The summed E-state index contributed by atoms with van der Waals surface area (Å²) in [5.74, 6) is 0. The Balaban J connectivity index is 0. The molecule has 0 fully saturated rings. The first-order valence-electron chi connectivity index (χ1n) is 0. The summed E-state index contributed by atoms with van der Waals surface area (Å²) in [4.78, 5) is 0. The van der Waals surface area contributed by atoms with E-state index in [4.69, 9.17) is 0 Å². The molecule has 0 nitrogen and oxygen atoms in total. The van der Waals surface area contributed by atoms with Gasteiger partial charge >= 0.3 is 0 Å². The van der Waals surface area contributed by atoms with Gasteiger partial charge < -0.3 is 0 Å². The van der Waals surface area contributed by atoms with E-state index in [9.17, 15) is 0 Å². The first-order valence-corrected chi connectivity index (χ1v) is 0. The molecule has 0 aromatic rings. The Morgan fingerprint density at radius 2 is 1.00 bits per heavy atom. The van der Waals surface area contributed by atoms with Crippen LogP contribution in [-0.2, 0) is 37.6 Å².